The Bertz CT molecular complexity index is 997. The van der Waals surface area contributed by atoms with Crippen molar-refractivity contribution in [1.29, 1.82) is 0 Å². The van der Waals surface area contributed by atoms with E-state index in [4.69, 9.17) is 4.99 Å². The second-order valence-electron chi connectivity index (χ2n) is 9.77. The molecule has 6 aliphatic rings. The van der Waals surface area contributed by atoms with E-state index in [2.05, 4.69) is 16.4 Å². The summed E-state index contributed by atoms with van der Waals surface area (Å²) in [5, 5.41) is 1.60. The van der Waals surface area contributed by atoms with Crippen LogP contribution in [0.1, 0.15) is 26.2 Å². The van der Waals surface area contributed by atoms with Crippen molar-refractivity contribution in [2.24, 2.45) is 22.7 Å². The summed E-state index contributed by atoms with van der Waals surface area (Å²) in [5.74, 6) is -1.69. The number of hydrogen-bond donors (Lipinski definition) is 1. The number of hydrazine groups is 1. The molecule has 0 aromatic heterocycles. The number of piperidine rings is 2. The normalized spacial score (nSPS) is 36.2. The molecule has 0 aromatic rings. The molecule has 6 rings (SSSR count). The van der Waals surface area contributed by atoms with Gasteiger partial charge in [-0.2, -0.15) is 0 Å². The second kappa shape index (κ2) is 7.38. The summed E-state index contributed by atoms with van der Waals surface area (Å²) < 4.78 is 27.0. The van der Waals surface area contributed by atoms with Crippen LogP contribution in [0.25, 0.3) is 0 Å². The number of allylic oxidation sites excluding steroid dienone is 1. The minimum Gasteiger partial charge on any atom is -0.349 e. The molecule has 3 saturated heterocycles. The van der Waals surface area contributed by atoms with Crippen LogP contribution in [-0.4, -0.2) is 82.3 Å². The van der Waals surface area contributed by atoms with E-state index in [1.54, 1.807) is 16.1 Å². The fraction of sp³-hybridized carbons (Fsp3) is 0.609. The number of fused-ring (bicyclic) bond motifs is 4. The van der Waals surface area contributed by atoms with Crippen molar-refractivity contribution in [3.8, 4) is 0 Å². The minimum absolute atomic E-state index is 0.0647. The van der Waals surface area contributed by atoms with Gasteiger partial charge in [0.15, 0.2) is 0 Å². The number of hydrogen-bond acceptors (Lipinski definition) is 5. The number of halogens is 2. The molecule has 5 heterocycles. The Morgan fingerprint density at radius 3 is 2.82 bits per heavy atom. The topological polar surface area (TPSA) is 71.5 Å². The number of carbonyl (C=O) groups is 2. The molecule has 5 unspecified atom stereocenters. The molecule has 0 aromatic carbocycles. The van der Waals surface area contributed by atoms with E-state index in [-0.39, 0.29) is 56.1 Å². The monoisotopic (exact) mass is 458 g/mol. The van der Waals surface area contributed by atoms with Crippen LogP contribution in [0.2, 0.25) is 0 Å². The largest absolute Gasteiger partial charge is 0.349 e. The first-order chi connectivity index (χ1) is 15.8. The highest BCUT2D eigenvalue weighted by Gasteiger charge is 2.53. The number of rotatable bonds is 3. The third-order valence-corrected chi connectivity index (χ3v) is 7.76. The van der Waals surface area contributed by atoms with Crippen molar-refractivity contribution in [1.82, 2.24) is 25.1 Å². The Balaban J connectivity index is 1.20. The minimum atomic E-state index is -2.67. The second-order valence-corrected chi connectivity index (χ2v) is 9.77. The number of urea groups is 1. The molecule has 10 heteroatoms. The zero-order valence-corrected chi connectivity index (χ0v) is 18.5. The average molecular weight is 459 g/mol. The number of nitrogens with zero attached hydrogens (tertiary/aromatic N) is 5. The summed E-state index contributed by atoms with van der Waals surface area (Å²) in [5.41, 5.74) is 4.77. The number of carbonyl (C=O) groups excluding carboxylic acids is 2. The van der Waals surface area contributed by atoms with E-state index < -0.39 is 5.92 Å². The number of nitrogens with one attached hydrogen (secondary N) is 1. The van der Waals surface area contributed by atoms with Gasteiger partial charge in [-0.3, -0.25) is 19.7 Å². The standard InChI is InChI=1S/C23H28F2N6O2/c1-2-31-22(33)29-6-3-16(11-19(29)27-31)30-13-15-10-17(15)18-9-14(12-26-20(18)30)21(32)28-7-4-23(24,25)5-8-28/h3,6,9,11-12,15,17-20,27H,2,4-5,7-8,10,13H2,1H3. The lowest BCUT2D eigenvalue weighted by molar-refractivity contribution is -0.132. The van der Waals surface area contributed by atoms with Gasteiger partial charge in [-0.15, -0.1) is 0 Å². The van der Waals surface area contributed by atoms with Crippen molar-refractivity contribution in [3.63, 3.8) is 0 Å². The highest BCUT2D eigenvalue weighted by Crippen LogP contribution is 2.53. The van der Waals surface area contributed by atoms with Gasteiger partial charge in [-0.1, -0.05) is 6.08 Å². The highest BCUT2D eigenvalue weighted by molar-refractivity contribution is 6.12. The van der Waals surface area contributed by atoms with Gasteiger partial charge in [0.2, 0.25) is 0 Å². The summed E-state index contributed by atoms with van der Waals surface area (Å²) in [4.78, 5) is 35.7. The zero-order chi connectivity index (χ0) is 22.9. The van der Waals surface area contributed by atoms with Crippen LogP contribution in [-0.2, 0) is 4.79 Å². The molecule has 1 N–H and O–H groups in total. The van der Waals surface area contributed by atoms with Gasteiger partial charge >= 0.3 is 6.03 Å². The van der Waals surface area contributed by atoms with Gasteiger partial charge in [0.1, 0.15) is 12.3 Å². The molecule has 0 bridgehead atoms. The fourth-order valence-corrected chi connectivity index (χ4v) is 5.74. The molecule has 0 spiro atoms. The average Bonchev–Trinajstić information content (AvgIpc) is 3.54. The van der Waals surface area contributed by atoms with Gasteiger partial charge in [-0.25, -0.2) is 19.0 Å². The maximum Gasteiger partial charge on any atom is 0.340 e. The first-order valence-electron chi connectivity index (χ1n) is 11.8. The van der Waals surface area contributed by atoms with Gasteiger partial charge in [0.25, 0.3) is 11.8 Å². The van der Waals surface area contributed by atoms with E-state index >= 15 is 0 Å². The smallest absolute Gasteiger partial charge is 0.340 e. The third-order valence-electron chi connectivity index (χ3n) is 7.76. The van der Waals surface area contributed by atoms with Gasteiger partial charge < -0.3 is 9.80 Å². The number of aliphatic imine (C=N–C) groups is 1. The maximum absolute atomic E-state index is 13.5. The van der Waals surface area contributed by atoms with Gasteiger partial charge in [0.05, 0.1) is 5.57 Å². The van der Waals surface area contributed by atoms with E-state index in [0.29, 0.717) is 24.0 Å². The van der Waals surface area contributed by atoms with E-state index in [0.717, 1.165) is 18.7 Å². The van der Waals surface area contributed by atoms with Gasteiger partial charge in [0, 0.05) is 63.1 Å². The molecule has 3 amide bonds. The molecular weight excluding hydrogens is 430 g/mol. The Labute approximate surface area is 191 Å². The Kier molecular flexibility index (Phi) is 4.66. The Morgan fingerprint density at radius 2 is 2.06 bits per heavy atom. The van der Waals surface area contributed by atoms with Gasteiger partial charge in [-0.05, 0) is 37.3 Å². The molecule has 5 atom stereocenters. The van der Waals surface area contributed by atoms with Crippen LogP contribution in [0, 0.1) is 17.8 Å². The Hall–Kier alpha value is -2.75. The lowest BCUT2D eigenvalue weighted by Gasteiger charge is -2.42. The van der Waals surface area contributed by atoms with Crippen molar-refractivity contribution in [3.05, 3.63) is 35.7 Å². The van der Waals surface area contributed by atoms with E-state index in [9.17, 15) is 18.4 Å². The molecule has 4 fully saturated rings. The van der Waals surface area contributed by atoms with Crippen LogP contribution in [0.5, 0.6) is 0 Å². The summed E-state index contributed by atoms with van der Waals surface area (Å²) in [6.07, 6.45) is 9.72. The molecule has 8 nitrogen and oxygen atoms in total. The summed E-state index contributed by atoms with van der Waals surface area (Å²) in [7, 11) is 0. The van der Waals surface area contributed by atoms with Crippen molar-refractivity contribution >= 4 is 18.2 Å². The molecule has 1 aliphatic carbocycles. The van der Waals surface area contributed by atoms with Crippen molar-refractivity contribution < 1.29 is 18.4 Å². The number of dihydropyridines is 1. The Morgan fingerprint density at radius 1 is 1.27 bits per heavy atom. The lowest BCUT2D eigenvalue weighted by Crippen LogP contribution is -2.48. The maximum atomic E-state index is 13.5. The van der Waals surface area contributed by atoms with Crippen LogP contribution in [0.4, 0.5) is 13.6 Å². The lowest BCUT2D eigenvalue weighted by atomic mass is 9.88. The number of likely N-dealkylation sites (tertiary alicyclic amines) is 2. The van der Waals surface area contributed by atoms with Crippen LogP contribution >= 0.6 is 0 Å². The van der Waals surface area contributed by atoms with Crippen LogP contribution in [0.15, 0.2) is 40.7 Å². The predicted molar refractivity (Wildman–Crippen MR) is 117 cm³/mol. The summed E-state index contributed by atoms with van der Waals surface area (Å²) in [6, 6.07) is -0.0647. The molecule has 176 valence electrons. The van der Waals surface area contributed by atoms with E-state index in [1.165, 1.54) is 4.90 Å². The first kappa shape index (κ1) is 20.8. The summed E-state index contributed by atoms with van der Waals surface area (Å²) >= 11 is 0. The third kappa shape index (κ3) is 3.46. The van der Waals surface area contributed by atoms with Crippen LogP contribution in [0.3, 0.4) is 0 Å². The molecule has 5 aliphatic heterocycles. The number of alkyl halides is 2. The van der Waals surface area contributed by atoms with Crippen molar-refractivity contribution in [2.75, 3.05) is 26.2 Å². The fourth-order valence-electron chi connectivity index (χ4n) is 5.74. The quantitative estimate of drug-likeness (QED) is 0.704. The van der Waals surface area contributed by atoms with Crippen LogP contribution < -0.4 is 5.43 Å². The molecule has 1 saturated carbocycles. The first-order valence-corrected chi connectivity index (χ1v) is 11.8. The predicted octanol–water partition coefficient (Wildman–Crippen LogP) is 2.15. The molecule has 0 radical (unpaired) electrons. The highest BCUT2D eigenvalue weighted by atomic mass is 19.3. The zero-order valence-electron chi connectivity index (χ0n) is 18.5. The molecular formula is C23H28F2N6O2. The number of amides is 3. The SMILES string of the molecule is CCN1NC2C=C(N3CC4CC4C4C=C(C(=O)N5CCC(F)(F)CC5)C=NC43)C=CN2C1=O. The molecule has 33 heavy (non-hydrogen) atoms. The van der Waals surface area contributed by atoms with Crippen molar-refractivity contribution in [2.45, 2.75) is 44.4 Å². The van der Waals surface area contributed by atoms with E-state index in [1.807, 2.05) is 25.3 Å². The summed E-state index contributed by atoms with van der Waals surface area (Å²) in [6.45, 7) is 3.58.